The smallest absolute Gasteiger partial charge is 0.336 e. The molecule has 4 nitrogen and oxygen atoms in total. The molecule has 0 aliphatic carbocycles. The average molecular weight is 323 g/mol. The molecule has 1 heterocycles. The van der Waals surface area contributed by atoms with Crippen molar-refractivity contribution in [1.82, 2.24) is 5.32 Å². The summed E-state index contributed by atoms with van der Waals surface area (Å²) in [5.74, 6) is 0. The molecule has 4 heteroatoms. The highest BCUT2D eigenvalue weighted by atomic mass is 16.4. The summed E-state index contributed by atoms with van der Waals surface area (Å²) < 4.78 is 5.31. The molecule has 0 bridgehead atoms. The van der Waals surface area contributed by atoms with E-state index in [9.17, 15) is 9.90 Å². The van der Waals surface area contributed by atoms with Gasteiger partial charge in [0.15, 0.2) is 0 Å². The van der Waals surface area contributed by atoms with Crippen molar-refractivity contribution >= 4 is 11.0 Å². The van der Waals surface area contributed by atoms with Gasteiger partial charge in [0.25, 0.3) is 0 Å². The first-order chi connectivity index (χ1) is 11.7. The fourth-order valence-corrected chi connectivity index (χ4v) is 2.78. The second-order valence-electron chi connectivity index (χ2n) is 5.83. The Hall–Kier alpha value is -2.43. The molecule has 124 valence electrons. The lowest BCUT2D eigenvalue weighted by Gasteiger charge is -2.13. The highest BCUT2D eigenvalue weighted by molar-refractivity contribution is 5.80. The van der Waals surface area contributed by atoms with Gasteiger partial charge in [-0.15, -0.1) is 0 Å². The van der Waals surface area contributed by atoms with E-state index < -0.39 is 6.10 Å². The van der Waals surface area contributed by atoms with Gasteiger partial charge < -0.3 is 14.8 Å². The van der Waals surface area contributed by atoms with Gasteiger partial charge in [0.2, 0.25) is 0 Å². The van der Waals surface area contributed by atoms with Crippen molar-refractivity contribution in [3.8, 4) is 0 Å². The monoisotopic (exact) mass is 323 g/mol. The minimum atomic E-state index is -0.579. The number of rotatable bonds is 6. The van der Waals surface area contributed by atoms with Crippen LogP contribution < -0.4 is 10.9 Å². The predicted molar refractivity (Wildman–Crippen MR) is 95.0 cm³/mol. The third kappa shape index (κ3) is 3.72. The Labute approximate surface area is 140 Å². The molecule has 1 aromatic heterocycles. The second kappa shape index (κ2) is 7.43. The van der Waals surface area contributed by atoms with Gasteiger partial charge in [0.1, 0.15) is 5.58 Å². The molecule has 2 N–H and O–H groups in total. The van der Waals surface area contributed by atoms with Crippen LogP contribution >= 0.6 is 0 Å². The lowest BCUT2D eigenvalue weighted by molar-refractivity contribution is 0.174. The van der Waals surface area contributed by atoms with Crippen LogP contribution in [0.3, 0.4) is 0 Å². The highest BCUT2D eigenvalue weighted by Gasteiger charge is 2.09. The second-order valence-corrected chi connectivity index (χ2v) is 5.83. The first-order valence-electron chi connectivity index (χ1n) is 8.16. The molecule has 0 unspecified atom stereocenters. The number of fused-ring (bicyclic) bond motifs is 1. The zero-order valence-corrected chi connectivity index (χ0v) is 13.7. The van der Waals surface area contributed by atoms with Gasteiger partial charge in [-0.1, -0.05) is 49.4 Å². The van der Waals surface area contributed by atoms with E-state index in [1.54, 1.807) is 0 Å². The summed E-state index contributed by atoms with van der Waals surface area (Å²) in [6.45, 7) is 2.98. The van der Waals surface area contributed by atoms with Crippen molar-refractivity contribution in [3.63, 3.8) is 0 Å². The number of aryl methyl sites for hydroxylation is 1. The van der Waals surface area contributed by atoms with Crippen LogP contribution in [0.15, 0.2) is 63.8 Å². The fraction of sp³-hybridized carbons (Fsp3) is 0.250. The molecular weight excluding hydrogens is 302 g/mol. The minimum Gasteiger partial charge on any atom is -0.423 e. The largest absolute Gasteiger partial charge is 0.423 e. The molecule has 0 saturated heterocycles. The number of hydrogen-bond donors (Lipinski definition) is 2. The Morgan fingerprint density at radius 3 is 2.67 bits per heavy atom. The average Bonchev–Trinajstić information content (AvgIpc) is 2.61. The maximum atomic E-state index is 11.8. The quantitative estimate of drug-likeness (QED) is 0.684. The van der Waals surface area contributed by atoms with Crippen LogP contribution in [0.5, 0.6) is 0 Å². The zero-order valence-electron chi connectivity index (χ0n) is 13.7. The Bertz CT molecular complexity index is 871. The lowest BCUT2D eigenvalue weighted by atomic mass is 10.1. The van der Waals surface area contributed by atoms with Gasteiger partial charge in [-0.25, -0.2) is 4.79 Å². The number of aliphatic hydroxyl groups is 1. The summed E-state index contributed by atoms with van der Waals surface area (Å²) in [6, 6.07) is 17.0. The first kappa shape index (κ1) is 16.4. The van der Waals surface area contributed by atoms with E-state index in [1.807, 2.05) is 48.5 Å². The zero-order chi connectivity index (χ0) is 16.9. The van der Waals surface area contributed by atoms with Crippen LogP contribution in [0.4, 0.5) is 0 Å². The fourth-order valence-electron chi connectivity index (χ4n) is 2.78. The molecule has 0 radical (unpaired) electrons. The van der Waals surface area contributed by atoms with Crippen LogP contribution in [0.25, 0.3) is 11.0 Å². The maximum absolute atomic E-state index is 11.8. The van der Waals surface area contributed by atoms with E-state index >= 15 is 0 Å². The molecule has 3 aromatic rings. The Kier molecular flexibility index (Phi) is 5.08. The van der Waals surface area contributed by atoms with Gasteiger partial charge in [-0.3, -0.25) is 0 Å². The normalized spacial score (nSPS) is 12.4. The van der Waals surface area contributed by atoms with Crippen molar-refractivity contribution in [2.24, 2.45) is 0 Å². The molecule has 0 amide bonds. The van der Waals surface area contributed by atoms with E-state index in [0.717, 1.165) is 28.5 Å². The Morgan fingerprint density at radius 2 is 1.92 bits per heavy atom. The minimum absolute atomic E-state index is 0.351. The Balaban J connectivity index is 1.74. The molecular formula is C20H21NO3. The molecule has 1 atom stereocenters. The summed E-state index contributed by atoms with van der Waals surface area (Å²) in [5, 5.41) is 14.3. The summed E-state index contributed by atoms with van der Waals surface area (Å²) in [4.78, 5) is 11.8. The van der Waals surface area contributed by atoms with E-state index in [4.69, 9.17) is 4.42 Å². The van der Waals surface area contributed by atoms with Crippen LogP contribution in [0, 0.1) is 0 Å². The summed E-state index contributed by atoms with van der Waals surface area (Å²) in [6.07, 6.45) is 0.315. The molecule has 0 fully saturated rings. The van der Waals surface area contributed by atoms with E-state index in [1.165, 1.54) is 6.07 Å². The van der Waals surface area contributed by atoms with Crippen LogP contribution in [-0.2, 0) is 13.0 Å². The number of nitrogens with one attached hydrogen (secondary N) is 1. The molecule has 24 heavy (non-hydrogen) atoms. The predicted octanol–water partition coefficient (Wildman–Crippen LogP) is 3.18. The lowest BCUT2D eigenvalue weighted by Crippen LogP contribution is -2.21. The van der Waals surface area contributed by atoms with E-state index in [-0.39, 0.29) is 5.63 Å². The standard InChI is InChI=1S/C20H21NO3/c1-2-14-8-9-17-16(11-20(23)24-19(17)10-14)12-21-13-18(22)15-6-4-3-5-7-15/h3-11,18,21-22H,2,12-13H2,1H3/t18-/m0/s1. The number of benzene rings is 2. The summed E-state index contributed by atoms with van der Waals surface area (Å²) in [5.41, 5.74) is 3.15. The topological polar surface area (TPSA) is 62.5 Å². The van der Waals surface area contributed by atoms with Crippen molar-refractivity contribution in [2.45, 2.75) is 26.0 Å². The number of hydrogen-bond acceptors (Lipinski definition) is 4. The highest BCUT2D eigenvalue weighted by Crippen LogP contribution is 2.19. The third-order valence-corrected chi connectivity index (χ3v) is 4.14. The van der Waals surface area contributed by atoms with Crippen LogP contribution in [0.1, 0.15) is 29.7 Å². The molecule has 0 spiro atoms. The van der Waals surface area contributed by atoms with E-state index in [0.29, 0.717) is 18.7 Å². The van der Waals surface area contributed by atoms with Crippen molar-refractivity contribution < 1.29 is 9.52 Å². The van der Waals surface area contributed by atoms with Crippen molar-refractivity contribution in [1.29, 1.82) is 0 Å². The molecule has 2 aromatic carbocycles. The Morgan fingerprint density at radius 1 is 1.12 bits per heavy atom. The van der Waals surface area contributed by atoms with Gasteiger partial charge >= 0.3 is 5.63 Å². The van der Waals surface area contributed by atoms with Crippen molar-refractivity contribution in [2.75, 3.05) is 6.54 Å². The van der Waals surface area contributed by atoms with Gasteiger partial charge in [0, 0.05) is 24.5 Å². The number of aliphatic hydroxyl groups excluding tert-OH is 1. The third-order valence-electron chi connectivity index (χ3n) is 4.14. The van der Waals surface area contributed by atoms with Crippen LogP contribution in [-0.4, -0.2) is 11.7 Å². The van der Waals surface area contributed by atoms with Crippen LogP contribution in [0.2, 0.25) is 0 Å². The molecule has 0 aliphatic rings. The maximum Gasteiger partial charge on any atom is 0.336 e. The summed E-state index contributed by atoms with van der Waals surface area (Å²) in [7, 11) is 0. The van der Waals surface area contributed by atoms with Gasteiger partial charge in [-0.05, 0) is 29.2 Å². The first-order valence-corrected chi connectivity index (χ1v) is 8.16. The van der Waals surface area contributed by atoms with Crippen molar-refractivity contribution in [3.05, 3.63) is 81.7 Å². The van der Waals surface area contributed by atoms with E-state index in [2.05, 4.69) is 12.2 Å². The molecule has 0 aliphatic heterocycles. The summed E-state index contributed by atoms with van der Waals surface area (Å²) >= 11 is 0. The SMILES string of the molecule is CCc1ccc2c(CNC[C@H](O)c3ccccc3)cc(=O)oc2c1. The molecule has 3 rings (SSSR count). The molecule has 0 saturated carbocycles. The van der Waals surface area contributed by atoms with Gasteiger partial charge in [0.05, 0.1) is 6.10 Å². The van der Waals surface area contributed by atoms with Gasteiger partial charge in [-0.2, -0.15) is 0 Å².